The summed E-state index contributed by atoms with van der Waals surface area (Å²) in [7, 11) is 0. The SMILES string of the molecule is C=CC(=O)OC(C)COCC(C)OC(=O)CCC(=O)OCCc1ccc(OC(=O)C2CCC(C(=O)Oc3c(C)c(C)c(OC(=O)C4CCC(C(=O)Oc5ccc(CCOC(=O)CCC(=O)OCC(C)OC(=O)C=C)cc5)CC4)c4c3SC(=C(C#N)C#N)S4)CC2)cc1. The topological polar surface area (TPSA) is 320 Å². The highest BCUT2D eigenvalue weighted by Crippen LogP contribution is 2.61. The fourth-order valence-electron chi connectivity index (χ4n) is 9.77. The molecule has 0 saturated heterocycles. The molecule has 490 valence electrons. The van der Waals surface area contributed by atoms with E-state index in [0.717, 1.165) is 46.8 Å². The van der Waals surface area contributed by atoms with Gasteiger partial charge in [0.1, 0.15) is 65.6 Å². The highest BCUT2D eigenvalue weighted by Gasteiger charge is 2.39. The van der Waals surface area contributed by atoms with Crippen molar-refractivity contribution in [3.8, 4) is 35.1 Å². The highest BCUT2D eigenvalue weighted by atomic mass is 32.2. The van der Waals surface area contributed by atoms with Gasteiger partial charge in [0.25, 0.3) is 0 Å². The first-order valence-electron chi connectivity index (χ1n) is 30.1. The van der Waals surface area contributed by atoms with Crippen LogP contribution < -0.4 is 18.9 Å². The molecule has 1 aliphatic heterocycles. The van der Waals surface area contributed by atoms with E-state index in [4.69, 9.17) is 52.1 Å². The van der Waals surface area contributed by atoms with E-state index in [1.54, 1.807) is 83.1 Å². The third-order valence-electron chi connectivity index (χ3n) is 15.0. The minimum absolute atomic E-state index is 0.0466. The predicted molar refractivity (Wildman–Crippen MR) is 329 cm³/mol. The van der Waals surface area contributed by atoms with Gasteiger partial charge in [-0.2, -0.15) is 10.5 Å². The number of esters is 10. The monoisotopic (exact) mass is 1310 g/mol. The number of thioether (sulfide) groups is 2. The van der Waals surface area contributed by atoms with Crippen LogP contribution in [-0.4, -0.2) is 111 Å². The number of rotatable bonds is 31. The Morgan fingerprint density at radius 2 is 0.826 bits per heavy atom. The third-order valence-corrected chi connectivity index (χ3v) is 17.6. The Hall–Kier alpha value is -8.78. The Morgan fingerprint density at radius 1 is 0.489 bits per heavy atom. The van der Waals surface area contributed by atoms with E-state index in [1.165, 1.54) is 0 Å². The molecule has 6 rings (SSSR count). The van der Waals surface area contributed by atoms with Crippen molar-refractivity contribution in [2.24, 2.45) is 23.7 Å². The quantitative estimate of drug-likeness (QED) is 0.0190. The van der Waals surface area contributed by atoms with E-state index in [1.807, 2.05) is 12.1 Å². The van der Waals surface area contributed by atoms with Gasteiger partial charge in [-0.15, -0.1) is 0 Å². The predicted octanol–water partition coefficient (Wildman–Crippen LogP) is 9.85. The van der Waals surface area contributed by atoms with Gasteiger partial charge in [0, 0.05) is 25.0 Å². The second-order valence-corrected chi connectivity index (χ2v) is 24.4. The maximum absolute atomic E-state index is 13.9. The molecule has 0 radical (unpaired) electrons. The number of carbonyl (C=O) groups is 10. The van der Waals surface area contributed by atoms with Gasteiger partial charge in [0.2, 0.25) is 0 Å². The average molecular weight is 1310 g/mol. The molecule has 3 aromatic carbocycles. The summed E-state index contributed by atoms with van der Waals surface area (Å²) in [5, 5.41) is 19.6. The van der Waals surface area contributed by atoms with E-state index in [0.29, 0.717) is 101 Å². The molecule has 1 heterocycles. The minimum Gasteiger partial charge on any atom is -0.465 e. The molecule has 0 spiro atoms. The number of carbonyl (C=O) groups excluding carboxylic acids is 10. The van der Waals surface area contributed by atoms with E-state index in [2.05, 4.69) is 13.2 Å². The summed E-state index contributed by atoms with van der Waals surface area (Å²) in [5.74, 6) is -6.61. The number of hydrogen-bond donors (Lipinski definition) is 0. The number of allylic oxidation sites excluding steroid dienone is 1. The van der Waals surface area contributed by atoms with Gasteiger partial charge in [0.05, 0.1) is 89.8 Å². The lowest BCUT2D eigenvalue weighted by Crippen LogP contribution is -2.31. The molecule has 23 nitrogen and oxygen atoms in total. The van der Waals surface area contributed by atoms with Gasteiger partial charge in [-0.1, -0.05) is 60.9 Å². The summed E-state index contributed by atoms with van der Waals surface area (Å²) in [5.41, 5.74) is 2.45. The average Bonchev–Trinajstić information content (AvgIpc) is 1.55. The molecule has 2 aliphatic carbocycles. The van der Waals surface area contributed by atoms with Crippen molar-refractivity contribution in [2.45, 2.75) is 153 Å². The Morgan fingerprint density at radius 3 is 1.20 bits per heavy atom. The van der Waals surface area contributed by atoms with E-state index < -0.39 is 102 Å². The number of ether oxygens (including phenoxy) is 11. The summed E-state index contributed by atoms with van der Waals surface area (Å²) >= 11 is 2.14. The van der Waals surface area contributed by atoms with Gasteiger partial charge in [-0.25, -0.2) is 9.59 Å². The summed E-state index contributed by atoms with van der Waals surface area (Å²) in [6, 6.07) is 17.3. The number of benzene rings is 3. The zero-order chi connectivity index (χ0) is 66.9. The fraction of sp³-hybridized carbons (Fsp3) is 0.463. The van der Waals surface area contributed by atoms with Gasteiger partial charge >= 0.3 is 59.7 Å². The lowest BCUT2D eigenvalue weighted by atomic mass is 9.82. The normalized spacial score (nSPS) is 17.4. The van der Waals surface area contributed by atoms with Gasteiger partial charge in [-0.3, -0.25) is 38.4 Å². The molecule has 2 saturated carbocycles. The van der Waals surface area contributed by atoms with Crippen LogP contribution in [0.25, 0.3) is 0 Å². The number of hydrogen-bond acceptors (Lipinski definition) is 25. The molecular formula is C67H74N2O21S2. The van der Waals surface area contributed by atoms with Crippen molar-refractivity contribution in [1.82, 2.24) is 0 Å². The molecule has 2 fully saturated rings. The fourth-order valence-corrected chi connectivity index (χ4v) is 12.4. The van der Waals surface area contributed by atoms with Gasteiger partial charge in [0.15, 0.2) is 0 Å². The standard InChI is InChI=1S/C67H74N2O21S2/c1-8-53(70)84-39(3)36-80-37-40(4)86-58(75)29-28-56(73)82-33-31-45-12-24-52(25-13-45)88-64(77)47-16-20-49(21-17-47)66(79)90-60-43(7)42(6)59(61-62(60)92-67(91-61)50(34-68)35-69)89-65(78)48-18-14-46(15-19-48)63(76)87-51-22-10-44(11-23-51)30-32-81-55(72)26-27-57(74)83-38-41(5)85-54(71)9-2/h8-13,22-25,39-41,46-49H,1-2,14-21,26-33,36-38H2,3-7H3. The molecular weight excluding hydrogens is 1230 g/mol. The highest BCUT2D eigenvalue weighted by molar-refractivity contribution is 8.24. The van der Waals surface area contributed by atoms with Gasteiger partial charge in [-0.05, 0) is 133 Å². The van der Waals surface area contributed by atoms with Gasteiger partial charge < -0.3 is 52.1 Å². The molecule has 92 heavy (non-hydrogen) atoms. The Kier molecular flexibility index (Phi) is 28.5. The van der Waals surface area contributed by atoms with Crippen LogP contribution in [-0.2, 0) is 93.9 Å². The summed E-state index contributed by atoms with van der Waals surface area (Å²) in [6.45, 7) is 15.0. The van der Waals surface area contributed by atoms with E-state index >= 15 is 0 Å². The Bertz CT molecular complexity index is 3310. The number of nitriles is 2. The molecule has 0 aromatic heterocycles. The lowest BCUT2D eigenvalue weighted by Gasteiger charge is -2.27. The first kappa shape index (κ1) is 72.3. The van der Waals surface area contributed by atoms with Crippen molar-refractivity contribution >= 4 is 83.2 Å². The minimum atomic E-state index is -0.676. The Labute approximate surface area is 541 Å². The molecule has 3 aliphatic rings. The van der Waals surface area contributed by atoms with Crippen molar-refractivity contribution < 1.29 is 100 Å². The molecule has 25 heteroatoms. The van der Waals surface area contributed by atoms with E-state index in [9.17, 15) is 58.5 Å². The summed E-state index contributed by atoms with van der Waals surface area (Å²) < 4.78 is 60.2. The second kappa shape index (κ2) is 36.3. The smallest absolute Gasteiger partial charge is 0.330 e. The maximum atomic E-state index is 13.9. The van der Waals surface area contributed by atoms with Crippen LogP contribution in [0.1, 0.15) is 120 Å². The summed E-state index contributed by atoms with van der Waals surface area (Å²) in [4.78, 5) is 127. The van der Waals surface area contributed by atoms with Crippen LogP contribution in [0.3, 0.4) is 0 Å². The largest absolute Gasteiger partial charge is 0.465 e. The van der Waals surface area contributed by atoms with Crippen LogP contribution in [0.2, 0.25) is 0 Å². The van der Waals surface area contributed by atoms with E-state index in [-0.39, 0.29) is 75.8 Å². The molecule has 3 atom stereocenters. The molecule has 0 N–H and O–H groups in total. The third kappa shape index (κ3) is 22.6. The zero-order valence-corrected chi connectivity index (χ0v) is 53.6. The van der Waals surface area contributed by atoms with Crippen molar-refractivity contribution in [3.63, 3.8) is 0 Å². The molecule has 3 aromatic rings. The first-order valence-corrected chi connectivity index (χ1v) is 31.7. The van der Waals surface area contributed by atoms with Crippen molar-refractivity contribution in [3.05, 3.63) is 106 Å². The molecule has 0 bridgehead atoms. The lowest BCUT2D eigenvalue weighted by molar-refractivity contribution is -0.156. The van der Waals surface area contributed by atoms with Crippen LogP contribution in [0.4, 0.5) is 0 Å². The van der Waals surface area contributed by atoms with Crippen LogP contribution >= 0.6 is 23.5 Å². The van der Waals surface area contributed by atoms with Crippen molar-refractivity contribution in [2.75, 3.05) is 33.0 Å². The molecule has 3 unspecified atom stereocenters. The number of nitrogens with zero attached hydrogens (tertiary/aromatic N) is 2. The summed E-state index contributed by atoms with van der Waals surface area (Å²) in [6.07, 6.45) is 2.98. The van der Waals surface area contributed by atoms with Crippen LogP contribution in [0.15, 0.2) is 93.4 Å². The zero-order valence-electron chi connectivity index (χ0n) is 51.9. The van der Waals surface area contributed by atoms with Crippen LogP contribution in [0.5, 0.6) is 23.0 Å². The maximum Gasteiger partial charge on any atom is 0.330 e. The number of fused-ring (bicyclic) bond motifs is 1. The Balaban J connectivity index is 0.914. The molecule has 0 amide bonds. The first-order chi connectivity index (χ1) is 44.1. The second-order valence-electron chi connectivity index (χ2n) is 22.1. The van der Waals surface area contributed by atoms with Crippen LogP contribution in [0, 0.1) is 60.2 Å². The van der Waals surface area contributed by atoms with Crippen molar-refractivity contribution in [1.29, 1.82) is 10.5 Å².